The van der Waals surface area contributed by atoms with Gasteiger partial charge in [0.05, 0.1) is 18.4 Å². The van der Waals surface area contributed by atoms with Gasteiger partial charge in [0.2, 0.25) is 0 Å². The Balaban J connectivity index is 1.94. The van der Waals surface area contributed by atoms with E-state index in [4.69, 9.17) is 13.7 Å². The molecule has 0 heterocycles. The van der Waals surface area contributed by atoms with Crippen LogP contribution in [0.5, 0.6) is 17.2 Å². The molecule has 1 unspecified atom stereocenters. The maximum atomic E-state index is 12.6. The monoisotopic (exact) mass is 432 g/mol. The molecule has 0 N–H and O–H groups in total. The minimum absolute atomic E-state index is 0.0403. The lowest BCUT2D eigenvalue weighted by atomic mass is 10.1. The summed E-state index contributed by atoms with van der Waals surface area (Å²) in [4.78, 5) is 0. The van der Waals surface area contributed by atoms with Gasteiger partial charge in [0.1, 0.15) is 23.4 Å². The van der Waals surface area contributed by atoms with Gasteiger partial charge in [-0.15, -0.1) is 0 Å². The zero-order chi connectivity index (χ0) is 21.5. The normalized spacial score (nSPS) is 13.1. The molecule has 0 bridgehead atoms. The van der Waals surface area contributed by atoms with Gasteiger partial charge in [0.15, 0.2) is 0 Å². The third-order valence-corrected chi connectivity index (χ3v) is 4.49. The van der Waals surface area contributed by atoms with Crippen LogP contribution in [-0.4, -0.2) is 27.4 Å². The topological polar surface area (TPSA) is 61.8 Å². The van der Waals surface area contributed by atoms with Crippen molar-refractivity contribution in [1.29, 1.82) is 0 Å². The second kappa shape index (κ2) is 9.98. The molecule has 0 aliphatic rings. The van der Waals surface area contributed by atoms with Crippen LogP contribution in [-0.2, 0) is 20.5 Å². The van der Waals surface area contributed by atoms with Crippen molar-refractivity contribution < 1.29 is 35.2 Å². The van der Waals surface area contributed by atoms with Crippen LogP contribution >= 0.6 is 0 Å². The predicted molar refractivity (Wildman–Crippen MR) is 103 cm³/mol. The molecular weight excluding hydrogens is 409 g/mol. The highest BCUT2D eigenvalue weighted by Crippen LogP contribution is 2.31. The number of rotatable bonds is 10. The van der Waals surface area contributed by atoms with Crippen molar-refractivity contribution in [2.75, 3.05) is 12.9 Å². The zero-order valence-corrected chi connectivity index (χ0v) is 16.9. The summed E-state index contributed by atoms with van der Waals surface area (Å²) >= 11 is 0. The summed E-state index contributed by atoms with van der Waals surface area (Å²) in [7, 11) is -3.49. The standard InChI is InChI=1S/C20H23F3O5S/c1-3-4-16(13-14-26-29(2,24)25)27-18-9-11-19(12-10-18)28-17-7-5-15(6-8-17)20(21,22)23/h5-12,16H,3-4,13-14H2,1-2H3. The van der Waals surface area contributed by atoms with E-state index < -0.39 is 21.9 Å². The number of hydrogen-bond donors (Lipinski definition) is 0. The summed E-state index contributed by atoms with van der Waals surface area (Å²) in [6.45, 7) is 2.04. The van der Waals surface area contributed by atoms with Crippen LogP contribution < -0.4 is 9.47 Å². The van der Waals surface area contributed by atoms with E-state index in [1.54, 1.807) is 24.3 Å². The van der Waals surface area contributed by atoms with Crippen LogP contribution in [0.4, 0.5) is 13.2 Å². The summed E-state index contributed by atoms with van der Waals surface area (Å²) in [5.74, 6) is 1.31. The average Bonchev–Trinajstić information content (AvgIpc) is 2.62. The van der Waals surface area contributed by atoms with Gasteiger partial charge in [-0.2, -0.15) is 21.6 Å². The highest BCUT2D eigenvalue weighted by molar-refractivity contribution is 7.85. The highest BCUT2D eigenvalue weighted by atomic mass is 32.2. The highest BCUT2D eigenvalue weighted by Gasteiger charge is 2.30. The van der Waals surface area contributed by atoms with Crippen LogP contribution in [0, 0.1) is 0 Å². The van der Waals surface area contributed by atoms with E-state index in [9.17, 15) is 21.6 Å². The van der Waals surface area contributed by atoms with Crippen LogP contribution in [0.3, 0.4) is 0 Å². The molecule has 9 heteroatoms. The lowest BCUT2D eigenvalue weighted by Crippen LogP contribution is -2.19. The van der Waals surface area contributed by atoms with E-state index in [0.717, 1.165) is 31.2 Å². The molecule has 0 saturated heterocycles. The molecule has 2 aromatic carbocycles. The minimum Gasteiger partial charge on any atom is -0.490 e. The van der Waals surface area contributed by atoms with Crippen molar-refractivity contribution >= 4 is 10.1 Å². The second-order valence-corrected chi connectivity index (χ2v) is 8.08. The van der Waals surface area contributed by atoms with Gasteiger partial charge in [-0.3, -0.25) is 4.18 Å². The van der Waals surface area contributed by atoms with Gasteiger partial charge in [-0.1, -0.05) is 13.3 Å². The fourth-order valence-electron chi connectivity index (χ4n) is 2.54. The summed E-state index contributed by atoms with van der Waals surface area (Å²) in [5.41, 5.74) is -0.740. The van der Waals surface area contributed by atoms with E-state index in [-0.39, 0.29) is 18.5 Å². The first-order chi connectivity index (χ1) is 13.6. The van der Waals surface area contributed by atoms with Gasteiger partial charge in [0.25, 0.3) is 10.1 Å². The van der Waals surface area contributed by atoms with E-state index in [1.165, 1.54) is 12.1 Å². The van der Waals surface area contributed by atoms with Gasteiger partial charge in [-0.05, 0) is 55.0 Å². The Hall–Kier alpha value is -2.26. The summed E-state index contributed by atoms with van der Waals surface area (Å²) in [6.07, 6.45) is -1.58. The largest absolute Gasteiger partial charge is 0.490 e. The Kier molecular flexibility index (Phi) is 7.92. The molecule has 0 aromatic heterocycles. The molecule has 160 valence electrons. The van der Waals surface area contributed by atoms with Crippen molar-refractivity contribution in [3.8, 4) is 17.2 Å². The quantitative estimate of drug-likeness (QED) is 0.470. The van der Waals surface area contributed by atoms with Crippen LogP contribution in [0.1, 0.15) is 31.7 Å². The lowest BCUT2D eigenvalue weighted by molar-refractivity contribution is -0.137. The van der Waals surface area contributed by atoms with Gasteiger partial charge in [0, 0.05) is 6.42 Å². The number of halogens is 3. The van der Waals surface area contributed by atoms with Crippen molar-refractivity contribution in [1.82, 2.24) is 0 Å². The first-order valence-electron chi connectivity index (χ1n) is 9.03. The SMILES string of the molecule is CCCC(CCOS(C)(=O)=O)Oc1ccc(Oc2ccc(C(F)(F)F)cc2)cc1. The predicted octanol–water partition coefficient (Wildman–Crippen LogP) is 5.41. The fourth-order valence-corrected chi connectivity index (χ4v) is 2.94. The molecule has 0 amide bonds. The molecule has 0 saturated carbocycles. The van der Waals surface area contributed by atoms with E-state index in [1.807, 2.05) is 6.92 Å². The molecular formula is C20H23F3O5S. The Labute approximate surface area is 168 Å². The molecule has 0 aliphatic carbocycles. The smallest absolute Gasteiger partial charge is 0.416 e. The molecule has 2 aromatic rings. The first kappa shape index (κ1) is 23.0. The lowest BCUT2D eigenvalue weighted by Gasteiger charge is -2.18. The van der Waals surface area contributed by atoms with Crippen molar-refractivity contribution in [2.24, 2.45) is 0 Å². The maximum absolute atomic E-state index is 12.6. The summed E-state index contributed by atoms with van der Waals surface area (Å²) in [6, 6.07) is 11.1. The number of benzene rings is 2. The summed E-state index contributed by atoms with van der Waals surface area (Å²) < 4.78 is 76.1. The molecule has 2 rings (SSSR count). The van der Waals surface area contributed by atoms with Crippen LogP contribution in [0.2, 0.25) is 0 Å². The number of ether oxygens (including phenoxy) is 2. The van der Waals surface area contributed by atoms with Gasteiger partial charge < -0.3 is 9.47 Å². The van der Waals surface area contributed by atoms with Crippen LogP contribution in [0.25, 0.3) is 0 Å². The van der Waals surface area contributed by atoms with E-state index >= 15 is 0 Å². The Bertz CT molecular complexity index is 862. The third kappa shape index (κ3) is 8.33. The molecule has 0 spiro atoms. The Morgan fingerprint density at radius 2 is 1.41 bits per heavy atom. The van der Waals surface area contributed by atoms with Crippen LogP contribution in [0.15, 0.2) is 48.5 Å². The average molecular weight is 432 g/mol. The first-order valence-corrected chi connectivity index (χ1v) is 10.8. The van der Waals surface area contributed by atoms with Gasteiger partial charge in [-0.25, -0.2) is 0 Å². The maximum Gasteiger partial charge on any atom is 0.416 e. The molecule has 0 fully saturated rings. The molecule has 29 heavy (non-hydrogen) atoms. The molecule has 1 atom stereocenters. The number of hydrogen-bond acceptors (Lipinski definition) is 5. The van der Waals surface area contributed by atoms with Crippen molar-refractivity contribution in [3.05, 3.63) is 54.1 Å². The molecule has 0 aliphatic heterocycles. The number of alkyl halides is 3. The molecule has 0 radical (unpaired) electrons. The summed E-state index contributed by atoms with van der Waals surface area (Å²) in [5, 5.41) is 0. The Morgan fingerprint density at radius 3 is 1.90 bits per heavy atom. The van der Waals surface area contributed by atoms with E-state index in [2.05, 4.69) is 0 Å². The molecule has 5 nitrogen and oxygen atoms in total. The van der Waals surface area contributed by atoms with Gasteiger partial charge >= 0.3 is 6.18 Å². The van der Waals surface area contributed by atoms with E-state index in [0.29, 0.717) is 17.9 Å². The van der Waals surface area contributed by atoms with Crippen molar-refractivity contribution in [3.63, 3.8) is 0 Å². The Morgan fingerprint density at radius 1 is 0.897 bits per heavy atom. The third-order valence-electron chi connectivity index (χ3n) is 3.89. The van der Waals surface area contributed by atoms with Crippen molar-refractivity contribution in [2.45, 2.75) is 38.5 Å². The fraction of sp³-hybridized carbons (Fsp3) is 0.400. The second-order valence-electron chi connectivity index (χ2n) is 6.44. The minimum atomic E-state index is -4.39. The zero-order valence-electron chi connectivity index (χ0n) is 16.1.